The van der Waals surface area contributed by atoms with Crippen LogP contribution in [-0.2, 0) is 10.5 Å². The number of urea groups is 1. The third kappa shape index (κ3) is 4.89. The van der Waals surface area contributed by atoms with Crippen molar-refractivity contribution in [3.63, 3.8) is 0 Å². The minimum absolute atomic E-state index is 0.0422. The molecular weight excluding hydrogens is 319 g/mol. The van der Waals surface area contributed by atoms with Crippen molar-refractivity contribution in [1.82, 2.24) is 5.32 Å². The summed E-state index contributed by atoms with van der Waals surface area (Å²) < 4.78 is 0. The van der Waals surface area contributed by atoms with Crippen molar-refractivity contribution in [3.05, 3.63) is 33.8 Å². The van der Waals surface area contributed by atoms with E-state index in [9.17, 15) is 9.59 Å². The van der Waals surface area contributed by atoms with E-state index in [0.29, 0.717) is 15.8 Å². The zero-order chi connectivity index (χ0) is 15.3. The molecule has 110 valence electrons. The van der Waals surface area contributed by atoms with Crippen LogP contribution in [0.25, 0.3) is 0 Å². The van der Waals surface area contributed by atoms with Gasteiger partial charge < -0.3 is 5.73 Å². The second kappa shape index (κ2) is 7.76. The van der Waals surface area contributed by atoms with Gasteiger partial charge in [0.2, 0.25) is 5.91 Å². The lowest BCUT2D eigenvalue weighted by molar-refractivity contribution is -0.120. The molecule has 0 fully saturated rings. The van der Waals surface area contributed by atoms with E-state index in [2.05, 4.69) is 5.32 Å². The number of thioether (sulfide) groups is 1. The van der Waals surface area contributed by atoms with Gasteiger partial charge in [-0.2, -0.15) is 0 Å². The molecule has 0 bridgehead atoms. The Morgan fingerprint density at radius 1 is 1.30 bits per heavy atom. The number of primary amides is 1. The maximum atomic E-state index is 11.9. The molecule has 20 heavy (non-hydrogen) atoms. The molecule has 1 aromatic rings. The number of hydrogen-bond acceptors (Lipinski definition) is 3. The lowest BCUT2D eigenvalue weighted by Crippen LogP contribution is -2.42. The quantitative estimate of drug-likeness (QED) is 0.866. The standard InChI is InChI=1S/C13H16Cl2N2O2S/c1-7(2)11(12(18)17-13(16)19)20-6-8-9(14)4-3-5-10(8)15/h3-5,7,11H,6H2,1-2H3,(H3,16,17,18,19). The first-order valence-electron chi connectivity index (χ1n) is 5.97. The number of carbonyl (C=O) groups is 2. The van der Waals surface area contributed by atoms with Gasteiger partial charge in [0, 0.05) is 15.8 Å². The van der Waals surface area contributed by atoms with E-state index in [-0.39, 0.29) is 5.92 Å². The number of halogens is 2. The Labute approximate surface area is 132 Å². The number of benzene rings is 1. The summed E-state index contributed by atoms with van der Waals surface area (Å²) in [5, 5.41) is 2.81. The van der Waals surface area contributed by atoms with Gasteiger partial charge >= 0.3 is 6.03 Å². The first-order chi connectivity index (χ1) is 9.32. The molecule has 7 heteroatoms. The highest BCUT2D eigenvalue weighted by Crippen LogP contribution is 2.31. The summed E-state index contributed by atoms with van der Waals surface area (Å²) in [4.78, 5) is 22.6. The Bertz CT molecular complexity index is 489. The summed E-state index contributed by atoms with van der Waals surface area (Å²) in [6.07, 6.45) is 0. The van der Waals surface area contributed by atoms with Crippen LogP contribution in [0.5, 0.6) is 0 Å². The number of imide groups is 1. The zero-order valence-corrected chi connectivity index (χ0v) is 13.5. The second-order valence-electron chi connectivity index (χ2n) is 4.53. The highest BCUT2D eigenvalue weighted by Gasteiger charge is 2.24. The Hall–Kier alpha value is -0.910. The first-order valence-corrected chi connectivity index (χ1v) is 7.78. The minimum atomic E-state index is -0.850. The molecule has 0 saturated carbocycles. The van der Waals surface area contributed by atoms with Crippen LogP contribution in [0.3, 0.4) is 0 Å². The third-order valence-corrected chi connectivity index (χ3v) is 4.86. The maximum Gasteiger partial charge on any atom is 0.318 e. The zero-order valence-electron chi connectivity index (χ0n) is 11.2. The average Bonchev–Trinajstić information content (AvgIpc) is 2.31. The van der Waals surface area contributed by atoms with Gasteiger partial charge in [-0.1, -0.05) is 43.1 Å². The van der Waals surface area contributed by atoms with Crippen LogP contribution in [0.15, 0.2) is 18.2 Å². The molecule has 1 aromatic carbocycles. The molecule has 1 rings (SSSR count). The number of carbonyl (C=O) groups excluding carboxylic acids is 2. The number of amides is 3. The normalized spacial score (nSPS) is 12.2. The van der Waals surface area contributed by atoms with Crippen LogP contribution in [-0.4, -0.2) is 17.2 Å². The number of nitrogens with two attached hydrogens (primary N) is 1. The largest absolute Gasteiger partial charge is 0.351 e. The summed E-state index contributed by atoms with van der Waals surface area (Å²) in [5.41, 5.74) is 5.74. The number of hydrogen-bond donors (Lipinski definition) is 2. The fourth-order valence-corrected chi connectivity index (χ4v) is 3.55. The molecule has 4 nitrogen and oxygen atoms in total. The number of rotatable bonds is 5. The van der Waals surface area contributed by atoms with Crippen molar-refractivity contribution in [1.29, 1.82) is 0 Å². The predicted octanol–water partition coefficient (Wildman–Crippen LogP) is 3.45. The summed E-state index contributed by atoms with van der Waals surface area (Å²) >= 11 is 13.5. The number of nitrogens with one attached hydrogen (secondary N) is 1. The lowest BCUT2D eigenvalue weighted by Gasteiger charge is -2.19. The molecule has 1 atom stereocenters. The van der Waals surface area contributed by atoms with Crippen LogP contribution >= 0.6 is 35.0 Å². The van der Waals surface area contributed by atoms with Crippen LogP contribution in [0, 0.1) is 5.92 Å². The summed E-state index contributed by atoms with van der Waals surface area (Å²) in [6.45, 7) is 3.79. The van der Waals surface area contributed by atoms with E-state index in [4.69, 9.17) is 28.9 Å². The molecule has 0 aliphatic carbocycles. The fourth-order valence-electron chi connectivity index (χ4n) is 1.61. The van der Waals surface area contributed by atoms with Crippen LogP contribution in [0.2, 0.25) is 10.0 Å². The van der Waals surface area contributed by atoms with E-state index < -0.39 is 17.2 Å². The van der Waals surface area contributed by atoms with Gasteiger partial charge in [-0.15, -0.1) is 11.8 Å². The highest BCUT2D eigenvalue weighted by molar-refractivity contribution is 7.99. The van der Waals surface area contributed by atoms with Gasteiger partial charge in [0.15, 0.2) is 0 Å². The topological polar surface area (TPSA) is 72.2 Å². The average molecular weight is 335 g/mol. The molecule has 0 saturated heterocycles. The lowest BCUT2D eigenvalue weighted by atomic mass is 10.1. The molecule has 0 aromatic heterocycles. The highest BCUT2D eigenvalue weighted by atomic mass is 35.5. The smallest absolute Gasteiger partial charge is 0.318 e. The molecule has 3 amide bonds. The SMILES string of the molecule is CC(C)C(SCc1c(Cl)cccc1Cl)C(=O)NC(N)=O. The van der Waals surface area contributed by atoms with E-state index in [0.717, 1.165) is 5.56 Å². The van der Waals surface area contributed by atoms with Gasteiger partial charge in [-0.05, 0) is 23.6 Å². The van der Waals surface area contributed by atoms with E-state index in [1.165, 1.54) is 11.8 Å². The third-order valence-electron chi connectivity index (χ3n) is 2.58. The predicted molar refractivity (Wildman–Crippen MR) is 84.1 cm³/mol. The first kappa shape index (κ1) is 17.1. The molecular formula is C13H16Cl2N2O2S. The molecule has 3 N–H and O–H groups in total. The van der Waals surface area contributed by atoms with E-state index in [1.54, 1.807) is 18.2 Å². The van der Waals surface area contributed by atoms with E-state index >= 15 is 0 Å². The van der Waals surface area contributed by atoms with Gasteiger partial charge in [-0.3, -0.25) is 10.1 Å². The van der Waals surface area contributed by atoms with Crippen molar-refractivity contribution in [2.45, 2.75) is 24.9 Å². The van der Waals surface area contributed by atoms with Crippen molar-refractivity contribution in [3.8, 4) is 0 Å². The van der Waals surface area contributed by atoms with Crippen LogP contribution in [0.1, 0.15) is 19.4 Å². The summed E-state index contributed by atoms with van der Waals surface area (Å²) in [5.74, 6) is 0.120. The molecule has 0 aliphatic rings. The van der Waals surface area contributed by atoms with Crippen molar-refractivity contribution in [2.75, 3.05) is 0 Å². The van der Waals surface area contributed by atoms with Crippen LogP contribution < -0.4 is 11.1 Å². The Kier molecular flexibility index (Phi) is 6.65. The van der Waals surface area contributed by atoms with Crippen LogP contribution in [0.4, 0.5) is 4.79 Å². The van der Waals surface area contributed by atoms with Gasteiger partial charge in [0.05, 0.1) is 5.25 Å². The molecule has 1 unspecified atom stereocenters. The Morgan fingerprint density at radius 2 is 1.85 bits per heavy atom. The van der Waals surface area contributed by atoms with Crippen molar-refractivity contribution in [2.24, 2.45) is 11.7 Å². The molecule has 0 heterocycles. The van der Waals surface area contributed by atoms with Gasteiger partial charge in [0.1, 0.15) is 0 Å². The molecule has 0 spiro atoms. The molecule has 0 radical (unpaired) electrons. The monoisotopic (exact) mass is 334 g/mol. The Morgan fingerprint density at radius 3 is 2.30 bits per heavy atom. The maximum absolute atomic E-state index is 11.9. The van der Waals surface area contributed by atoms with E-state index in [1.807, 2.05) is 13.8 Å². The summed E-state index contributed by atoms with van der Waals surface area (Å²) in [6, 6.07) is 4.41. The van der Waals surface area contributed by atoms with Gasteiger partial charge in [0.25, 0.3) is 0 Å². The van der Waals surface area contributed by atoms with Crippen molar-refractivity contribution >= 4 is 46.9 Å². The summed E-state index contributed by atoms with van der Waals surface area (Å²) in [7, 11) is 0. The minimum Gasteiger partial charge on any atom is -0.351 e. The van der Waals surface area contributed by atoms with Crippen molar-refractivity contribution < 1.29 is 9.59 Å². The second-order valence-corrected chi connectivity index (χ2v) is 6.47. The van der Waals surface area contributed by atoms with Gasteiger partial charge in [-0.25, -0.2) is 4.79 Å². The fraction of sp³-hybridized carbons (Fsp3) is 0.385. The molecule has 0 aliphatic heterocycles. The Balaban J connectivity index is 2.77.